The van der Waals surface area contributed by atoms with Crippen LogP contribution >= 0.6 is 11.6 Å². The fraction of sp³-hybridized carbons (Fsp3) is 0.458. The lowest BCUT2D eigenvalue weighted by Gasteiger charge is -2.27. The lowest BCUT2D eigenvalue weighted by atomic mass is 9.83. The summed E-state index contributed by atoms with van der Waals surface area (Å²) in [6, 6.07) is 7.50. The number of hydrogen-bond donors (Lipinski definition) is 3. The summed E-state index contributed by atoms with van der Waals surface area (Å²) in [6.45, 7) is 1.91. The first-order chi connectivity index (χ1) is 15.7. The van der Waals surface area contributed by atoms with Gasteiger partial charge in [-0.3, -0.25) is 0 Å². The smallest absolute Gasteiger partial charge is 0.227 e. The summed E-state index contributed by atoms with van der Waals surface area (Å²) in [4.78, 5) is 14.1. The Kier molecular flexibility index (Phi) is 6.39. The van der Waals surface area contributed by atoms with Crippen LogP contribution in [0.3, 0.4) is 0 Å². The summed E-state index contributed by atoms with van der Waals surface area (Å²) in [7, 11) is 0. The van der Waals surface area contributed by atoms with Crippen LogP contribution in [0.1, 0.15) is 50.0 Å². The first-order valence-corrected chi connectivity index (χ1v) is 11.8. The van der Waals surface area contributed by atoms with Gasteiger partial charge >= 0.3 is 0 Å². The van der Waals surface area contributed by atoms with Crippen LogP contribution in [0.4, 0.5) is 11.6 Å². The molecular formula is C24H28ClN5O2. The predicted octanol–water partition coefficient (Wildman–Crippen LogP) is 4.57. The van der Waals surface area contributed by atoms with Gasteiger partial charge in [0.1, 0.15) is 6.10 Å². The molecule has 3 aromatic rings. The number of aromatic nitrogens is 3. The quantitative estimate of drug-likeness (QED) is 0.521. The zero-order valence-electron chi connectivity index (χ0n) is 17.9. The second-order valence-corrected chi connectivity index (χ2v) is 9.12. The van der Waals surface area contributed by atoms with Crippen molar-refractivity contribution in [3.05, 3.63) is 47.2 Å². The number of aliphatic hydroxyl groups is 1. The molecule has 1 saturated carbocycles. The highest BCUT2D eigenvalue weighted by Gasteiger charge is 2.25. The molecule has 5 rings (SSSR count). The van der Waals surface area contributed by atoms with Gasteiger partial charge in [0, 0.05) is 28.7 Å². The van der Waals surface area contributed by atoms with Gasteiger partial charge in [-0.15, -0.1) is 0 Å². The minimum absolute atomic E-state index is 0.145. The van der Waals surface area contributed by atoms with E-state index in [1.165, 1.54) is 0 Å². The van der Waals surface area contributed by atoms with Crippen LogP contribution in [0.25, 0.3) is 10.9 Å². The van der Waals surface area contributed by atoms with Crippen molar-refractivity contribution in [2.75, 3.05) is 18.4 Å². The van der Waals surface area contributed by atoms with Crippen molar-refractivity contribution in [3.8, 4) is 5.88 Å². The Bertz CT molecular complexity index is 1080. The molecule has 7 nitrogen and oxygen atoms in total. The second kappa shape index (κ2) is 9.57. The average Bonchev–Trinajstić information content (AvgIpc) is 2.81. The molecule has 2 fully saturated rings. The van der Waals surface area contributed by atoms with Gasteiger partial charge in [-0.25, -0.2) is 15.0 Å². The van der Waals surface area contributed by atoms with Crippen LogP contribution in [0.15, 0.2) is 36.7 Å². The molecule has 0 atom stereocenters. The number of piperidine rings is 1. The fourth-order valence-electron chi connectivity index (χ4n) is 4.62. The lowest BCUT2D eigenvalue weighted by Crippen LogP contribution is -2.34. The molecule has 0 unspecified atom stereocenters. The van der Waals surface area contributed by atoms with Gasteiger partial charge in [0.15, 0.2) is 0 Å². The number of halogens is 1. The number of aliphatic hydroxyl groups excluding tert-OH is 1. The molecule has 0 bridgehead atoms. The van der Waals surface area contributed by atoms with E-state index in [9.17, 15) is 5.11 Å². The Hall–Kier alpha value is -2.48. The number of benzene rings is 1. The van der Waals surface area contributed by atoms with Gasteiger partial charge in [-0.2, -0.15) is 0 Å². The van der Waals surface area contributed by atoms with E-state index < -0.39 is 0 Å². The molecule has 3 N–H and O–H groups in total. The predicted molar refractivity (Wildman–Crippen MR) is 126 cm³/mol. The van der Waals surface area contributed by atoms with Crippen molar-refractivity contribution in [1.82, 2.24) is 20.3 Å². The van der Waals surface area contributed by atoms with E-state index >= 15 is 0 Å². The zero-order chi connectivity index (χ0) is 21.9. The van der Waals surface area contributed by atoms with Gasteiger partial charge < -0.3 is 20.5 Å². The SMILES string of the molecule is OC1CCC(c2cnc(OC3CCNCC3)c3cnc(Nc4cccc(Cl)c4)nc23)CC1. The highest BCUT2D eigenvalue weighted by Crippen LogP contribution is 2.38. The number of fused-ring (bicyclic) bond motifs is 1. The molecule has 168 valence electrons. The van der Waals surface area contributed by atoms with Gasteiger partial charge in [-0.05, 0) is 75.7 Å². The van der Waals surface area contributed by atoms with Crippen molar-refractivity contribution in [1.29, 1.82) is 0 Å². The molecule has 8 heteroatoms. The van der Waals surface area contributed by atoms with Crippen LogP contribution in [-0.4, -0.2) is 45.4 Å². The third-order valence-corrected chi connectivity index (χ3v) is 6.63. The summed E-state index contributed by atoms with van der Waals surface area (Å²) in [5.41, 5.74) is 2.80. The number of pyridine rings is 1. The summed E-state index contributed by atoms with van der Waals surface area (Å²) in [5, 5.41) is 18.1. The van der Waals surface area contributed by atoms with Crippen molar-refractivity contribution in [2.45, 2.75) is 56.7 Å². The highest BCUT2D eigenvalue weighted by molar-refractivity contribution is 6.30. The fourth-order valence-corrected chi connectivity index (χ4v) is 4.81. The van der Waals surface area contributed by atoms with Gasteiger partial charge in [-0.1, -0.05) is 17.7 Å². The Balaban J connectivity index is 1.51. The van der Waals surface area contributed by atoms with Crippen LogP contribution in [0.2, 0.25) is 5.02 Å². The number of nitrogens with one attached hydrogen (secondary N) is 2. The molecule has 1 aliphatic carbocycles. The number of ether oxygens (including phenoxy) is 1. The maximum absolute atomic E-state index is 9.96. The molecule has 0 radical (unpaired) electrons. The largest absolute Gasteiger partial charge is 0.474 e. The van der Waals surface area contributed by atoms with Crippen molar-refractivity contribution in [2.24, 2.45) is 0 Å². The van der Waals surface area contributed by atoms with E-state index in [0.29, 0.717) is 22.8 Å². The van der Waals surface area contributed by atoms with Crippen molar-refractivity contribution < 1.29 is 9.84 Å². The number of rotatable bonds is 5. The normalized spacial score (nSPS) is 22.1. The summed E-state index contributed by atoms with van der Waals surface area (Å²) >= 11 is 6.13. The minimum atomic E-state index is -0.206. The average molecular weight is 454 g/mol. The van der Waals surface area contributed by atoms with E-state index in [2.05, 4.69) is 15.6 Å². The number of hydrogen-bond acceptors (Lipinski definition) is 7. The number of nitrogens with zero attached hydrogens (tertiary/aromatic N) is 3. The van der Waals surface area contributed by atoms with E-state index in [-0.39, 0.29) is 12.2 Å². The van der Waals surface area contributed by atoms with Gasteiger partial charge in [0.05, 0.1) is 17.0 Å². The summed E-state index contributed by atoms with van der Waals surface area (Å²) in [6.07, 6.45) is 9.03. The topological polar surface area (TPSA) is 92.2 Å². The second-order valence-electron chi connectivity index (χ2n) is 8.68. The molecule has 1 saturated heterocycles. The lowest BCUT2D eigenvalue weighted by molar-refractivity contribution is 0.122. The summed E-state index contributed by atoms with van der Waals surface area (Å²) in [5.74, 6) is 1.42. The van der Waals surface area contributed by atoms with Gasteiger partial charge in [0.2, 0.25) is 11.8 Å². The van der Waals surface area contributed by atoms with E-state index in [1.807, 2.05) is 30.5 Å². The third kappa shape index (κ3) is 4.80. The monoisotopic (exact) mass is 453 g/mol. The Labute approximate surface area is 192 Å². The maximum Gasteiger partial charge on any atom is 0.227 e. The third-order valence-electron chi connectivity index (χ3n) is 6.40. The van der Waals surface area contributed by atoms with E-state index in [0.717, 1.165) is 73.8 Å². The Morgan fingerprint density at radius 3 is 2.62 bits per heavy atom. The molecule has 2 aliphatic rings. The first kappa shape index (κ1) is 21.4. The molecule has 1 aromatic carbocycles. The van der Waals surface area contributed by atoms with Crippen LogP contribution in [-0.2, 0) is 0 Å². The zero-order valence-corrected chi connectivity index (χ0v) is 18.7. The Morgan fingerprint density at radius 1 is 1.03 bits per heavy atom. The molecule has 32 heavy (non-hydrogen) atoms. The molecule has 2 aromatic heterocycles. The molecule has 0 spiro atoms. The Morgan fingerprint density at radius 2 is 1.84 bits per heavy atom. The van der Waals surface area contributed by atoms with Crippen molar-refractivity contribution in [3.63, 3.8) is 0 Å². The summed E-state index contributed by atoms with van der Waals surface area (Å²) < 4.78 is 6.29. The molecule has 1 aliphatic heterocycles. The minimum Gasteiger partial charge on any atom is -0.474 e. The van der Waals surface area contributed by atoms with Crippen LogP contribution < -0.4 is 15.4 Å². The molecular weight excluding hydrogens is 426 g/mol. The van der Waals surface area contributed by atoms with E-state index in [4.69, 9.17) is 26.3 Å². The van der Waals surface area contributed by atoms with E-state index in [1.54, 1.807) is 6.20 Å². The molecule has 3 heterocycles. The van der Waals surface area contributed by atoms with Crippen molar-refractivity contribution >= 4 is 34.1 Å². The first-order valence-electron chi connectivity index (χ1n) is 11.4. The van der Waals surface area contributed by atoms with Crippen LogP contribution in [0.5, 0.6) is 5.88 Å². The number of anilines is 2. The standard InChI is InChI=1S/C24H28ClN5O2/c25-16-2-1-3-17(12-16)29-24-28-14-21-22(30-24)20(15-4-6-18(31)7-5-15)13-27-23(21)32-19-8-10-26-11-9-19/h1-3,12-15,18-19,26,31H,4-11H2,(H,28,29,30). The molecule has 0 amide bonds. The van der Waals surface area contributed by atoms with Gasteiger partial charge in [0.25, 0.3) is 0 Å². The maximum atomic E-state index is 9.96. The van der Waals surface area contributed by atoms with Crippen LogP contribution in [0, 0.1) is 0 Å². The highest BCUT2D eigenvalue weighted by atomic mass is 35.5.